The van der Waals surface area contributed by atoms with Crippen LogP contribution < -0.4 is 20.7 Å². The molecule has 2 aromatic rings. The molecule has 27 heavy (non-hydrogen) atoms. The first kappa shape index (κ1) is 20.2. The molecular weight excluding hydrogens is 347 g/mol. The van der Waals surface area contributed by atoms with E-state index in [4.69, 9.17) is 4.74 Å². The molecule has 3 N–H and O–H groups in total. The van der Waals surface area contributed by atoms with Crippen LogP contribution in [0.15, 0.2) is 59.6 Å². The number of guanidine groups is 1. The minimum Gasteiger partial charge on any atom is -0.489 e. The lowest BCUT2D eigenvalue weighted by Gasteiger charge is -2.18. The van der Waals surface area contributed by atoms with Crippen molar-refractivity contribution in [3.8, 4) is 5.75 Å². The van der Waals surface area contributed by atoms with Gasteiger partial charge in [0.05, 0.1) is 6.54 Å². The van der Waals surface area contributed by atoms with Crippen molar-refractivity contribution in [2.45, 2.75) is 13.0 Å². The molecule has 0 bridgehead atoms. The average Bonchev–Trinajstić information content (AvgIpc) is 2.68. The van der Waals surface area contributed by atoms with Gasteiger partial charge in [-0.1, -0.05) is 24.3 Å². The smallest absolute Gasteiger partial charge is 0.251 e. The molecule has 0 aliphatic carbocycles. The quantitative estimate of drug-likeness (QED) is 0.377. The number of carbonyl (C=O) groups is 1. The molecule has 2 rings (SSSR count). The van der Waals surface area contributed by atoms with Gasteiger partial charge in [0.2, 0.25) is 0 Å². The van der Waals surface area contributed by atoms with Crippen molar-refractivity contribution in [1.29, 1.82) is 0 Å². The fraction of sp³-hybridized carbons (Fsp3) is 0.300. The molecule has 0 saturated carbocycles. The molecule has 0 aliphatic rings. The normalized spacial score (nSPS) is 12.2. The molecular formula is C20H25FN4O2. The molecule has 144 valence electrons. The summed E-state index contributed by atoms with van der Waals surface area (Å²) in [7, 11) is 1.66. The summed E-state index contributed by atoms with van der Waals surface area (Å²) in [6, 6.07) is 15.1. The largest absolute Gasteiger partial charge is 0.489 e. The summed E-state index contributed by atoms with van der Waals surface area (Å²) in [5, 5.41) is 9.08. The van der Waals surface area contributed by atoms with E-state index in [9.17, 15) is 9.18 Å². The molecule has 2 aromatic carbocycles. The molecule has 0 aliphatic heterocycles. The highest BCUT2D eigenvalue weighted by Crippen LogP contribution is 2.13. The van der Waals surface area contributed by atoms with Gasteiger partial charge in [-0.15, -0.1) is 0 Å². The molecule has 6 nitrogen and oxygen atoms in total. The predicted molar refractivity (Wildman–Crippen MR) is 105 cm³/mol. The maximum Gasteiger partial charge on any atom is 0.251 e. The molecule has 0 radical (unpaired) electrons. The van der Waals surface area contributed by atoms with Crippen molar-refractivity contribution in [3.63, 3.8) is 0 Å². The number of carbonyl (C=O) groups excluding carboxylic acids is 1. The Morgan fingerprint density at radius 2 is 1.81 bits per heavy atom. The summed E-state index contributed by atoms with van der Waals surface area (Å²) >= 11 is 0. The SMILES string of the molecule is CN=C(NCCNC(=O)c1ccccc1)NCC(C)Oc1cccc(F)c1. The lowest BCUT2D eigenvalue weighted by Crippen LogP contribution is -2.44. The van der Waals surface area contributed by atoms with Crippen LogP contribution in [-0.4, -0.2) is 44.7 Å². The molecule has 0 spiro atoms. The molecule has 7 heteroatoms. The van der Waals surface area contributed by atoms with E-state index < -0.39 is 0 Å². The van der Waals surface area contributed by atoms with Gasteiger partial charge >= 0.3 is 0 Å². The van der Waals surface area contributed by atoms with Gasteiger partial charge in [0.15, 0.2) is 5.96 Å². The highest BCUT2D eigenvalue weighted by atomic mass is 19.1. The van der Waals surface area contributed by atoms with E-state index in [0.717, 1.165) is 0 Å². The Bertz CT molecular complexity index is 753. The van der Waals surface area contributed by atoms with Crippen LogP contribution in [0.2, 0.25) is 0 Å². The van der Waals surface area contributed by atoms with Gasteiger partial charge in [-0.3, -0.25) is 9.79 Å². The van der Waals surface area contributed by atoms with Gasteiger partial charge < -0.3 is 20.7 Å². The van der Waals surface area contributed by atoms with E-state index in [1.807, 2.05) is 25.1 Å². The molecule has 0 heterocycles. The van der Waals surface area contributed by atoms with Crippen LogP contribution >= 0.6 is 0 Å². The van der Waals surface area contributed by atoms with E-state index in [1.165, 1.54) is 12.1 Å². The highest BCUT2D eigenvalue weighted by Gasteiger charge is 2.07. The van der Waals surface area contributed by atoms with E-state index >= 15 is 0 Å². The summed E-state index contributed by atoms with van der Waals surface area (Å²) in [6.07, 6.45) is -0.178. The fourth-order valence-electron chi connectivity index (χ4n) is 2.32. The van der Waals surface area contributed by atoms with Gasteiger partial charge in [0.25, 0.3) is 5.91 Å². The summed E-state index contributed by atoms with van der Waals surface area (Å²) in [6.45, 7) is 3.36. The van der Waals surface area contributed by atoms with Crippen molar-refractivity contribution in [1.82, 2.24) is 16.0 Å². The molecule has 1 amide bonds. The third-order valence-corrected chi connectivity index (χ3v) is 3.65. The van der Waals surface area contributed by atoms with Crippen LogP contribution in [0, 0.1) is 5.82 Å². The number of hydrogen-bond donors (Lipinski definition) is 3. The number of nitrogens with one attached hydrogen (secondary N) is 3. The van der Waals surface area contributed by atoms with E-state index in [-0.39, 0.29) is 17.8 Å². The number of halogens is 1. The van der Waals surface area contributed by atoms with Crippen LogP contribution in [0.25, 0.3) is 0 Å². The summed E-state index contributed by atoms with van der Waals surface area (Å²) in [5.74, 6) is 0.634. The Morgan fingerprint density at radius 3 is 2.52 bits per heavy atom. The van der Waals surface area contributed by atoms with Crippen LogP contribution in [0.1, 0.15) is 17.3 Å². The molecule has 0 fully saturated rings. The zero-order valence-corrected chi connectivity index (χ0v) is 15.5. The van der Waals surface area contributed by atoms with Crippen LogP contribution in [0.4, 0.5) is 4.39 Å². The zero-order chi connectivity index (χ0) is 19.5. The third kappa shape index (κ3) is 7.35. The number of rotatable bonds is 8. The predicted octanol–water partition coefficient (Wildman–Crippen LogP) is 2.19. The Morgan fingerprint density at radius 1 is 1.07 bits per heavy atom. The fourth-order valence-corrected chi connectivity index (χ4v) is 2.32. The zero-order valence-electron chi connectivity index (χ0n) is 15.5. The summed E-state index contributed by atoms with van der Waals surface area (Å²) in [5.41, 5.74) is 0.628. The lowest BCUT2D eigenvalue weighted by atomic mass is 10.2. The second kappa shape index (κ2) is 10.8. The van der Waals surface area contributed by atoms with Crippen molar-refractivity contribution in [2.75, 3.05) is 26.7 Å². The van der Waals surface area contributed by atoms with Gasteiger partial charge in [-0.05, 0) is 31.2 Å². The third-order valence-electron chi connectivity index (χ3n) is 3.65. The van der Waals surface area contributed by atoms with Crippen molar-refractivity contribution >= 4 is 11.9 Å². The summed E-state index contributed by atoms with van der Waals surface area (Å²) in [4.78, 5) is 16.1. The first-order valence-corrected chi connectivity index (χ1v) is 8.78. The molecule has 0 saturated heterocycles. The van der Waals surface area contributed by atoms with Crippen LogP contribution in [0.3, 0.4) is 0 Å². The maximum atomic E-state index is 13.2. The van der Waals surface area contributed by atoms with Gasteiger partial charge in [0, 0.05) is 31.8 Å². The molecule has 0 aromatic heterocycles. The Kier molecular flexibility index (Phi) is 8.09. The average molecular weight is 372 g/mol. The van der Waals surface area contributed by atoms with Gasteiger partial charge in [-0.25, -0.2) is 4.39 Å². The summed E-state index contributed by atoms with van der Waals surface area (Å²) < 4.78 is 18.8. The van der Waals surface area contributed by atoms with E-state index in [1.54, 1.807) is 31.3 Å². The topological polar surface area (TPSA) is 74.8 Å². The van der Waals surface area contributed by atoms with Gasteiger partial charge in [-0.2, -0.15) is 0 Å². The molecule has 1 atom stereocenters. The van der Waals surface area contributed by atoms with Crippen LogP contribution in [-0.2, 0) is 0 Å². The Hall–Kier alpha value is -3.09. The minimum atomic E-state index is -0.331. The number of ether oxygens (including phenoxy) is 1. The minimum absolute atomic E-state index is 0.113. The standard InChI is InChI=1S/C20H25FN4O2/c1-15(27-18-10-6-9-17(21)13-18)14-25-20(22-2)24-12-11-23-19(26)16-7-4-3-5-8-16/h3-10,13,15H,11-12,14H2,1-2H3,(H,23,26)(H2,22,24,25). The van der Waals surface area contributed by atoms with Crippen molar-refractivity contribution < 1.29 is 13.9 Å². The first-order valence-electron chi connectivity index (χ1n) is 8.78. The lowest BCUT2D eigenvalue weighted by molar-refractivity contribution is 0.0954. The maximum absolute atomic E-state index is 13.2. The first-order chi connectivity index (χ1) is 13.1. The van der Waals surface area contributed by atoms with Crippen LogP contribution in [0.5, 0.6) is 5.75 Å². The van der Waals surface area contributed by atoms with Gasteiger partial charge in [0.1, 0.15) is 17.7 Å². The highest BCUT2D eigenvalue weighted by molar-refractivity contribution is 5.94. The number of benzene rings is 2. The number of hydrogen-bond acceptors (Lipinski definition) is 3. The van der Waals surface area contributed by atoms with Crippen molar-refractivity contribution in [2.24, 2.45) is 4.99 Å². The number of nitrogens with zero attached hydrogens (tertiary/aromatic N) is 1. The number of amides is 1. The second-order valence-electron chi connectivity index (χ2n) is 5.89. The monoisotopic (exact) mass is 372 g/mol. The van der Waals surface area contributed by atoms with Crippen molar-refractivity contribution in [3.05, 3.63) is 66.0 Å². The number of aliphatic imine (C=N–C) groups is 1. The Labute approximate surface area is 158 Å². The second-order valence-corrected chi connectivity index (χ2v) is 5.89. The Balaban J connectivity index is 1.66. The molecule has 1 unspecified atom stereocenters. The van der Waals surface area contributed by atoms with E-state index in [2.05, 4.69) is 20.9 Å². The van der Waals surface area contributed by atoms with E-state index in [0.29, 0.717) is 36.9 Å².